The van der Waals surface area contributed by atoms with E-state index in [0.29, 0.717) is 17.6 Å². The Kier molecular flexibility index (Phi) is 4.58. The highest BCUT2D eigenvalue weighted by Crippen LogP contribution is 2.40. The molecule has 1 atom stereocenters. The van der Waals surface area contributed by atoms with Gasteiger partial charge < -0.3 is 10.0 Å². The van der Waals surface area contributed by atoms with Gasteiger partial charge in [0.15, 0.2) is 11.4 Å². The summed E-state index contributed by atoms with van der Waals surface area (Å²) >= 11 is 0. The highest BCUT2D eigenvalue weighted by atomic mass is 19.1. The van der Waals surface area contributed by atoms with E-state index in [4.69, 9.17) is 0 Å². The Balaban J connectivity index is 1.79. The van der Waals surface area contributed by atoms with Crippen LogP contribution in [0.4, 0.5) is 10.1 Å². The zero-order chi connectivity index (χ0) is 19.8. The number of halogens is 1. The normalized spacial score (nSPS) is 17.1. The SMILES string of the molecule is CC(C)CC(=O)C1=C(O)CN(c2ccc3ncnn3c2)C1c1ccc(F)cc1. The number of benzene rings is 1. The van der Waals surface area contributed by atoms with Gasteiger partial charge in [0.05, 0.1) is 30.0 Å². The molecule has 0 aliphatic carbocycles. The summed E-state index contributed by atoms with van der Waals surface area (Å²) in [6.07, 6.45) is 3.61. The highest BCUT2D eigenvalue weighted by Gasteiger charge is 2.38. The molecule has 0 saturated heterocycles. The fraction of sp³-hybridized carbons (Fsp3) is 0.286. The first-order valence-electron chi connectivity index (χ1n) is 9.20. The zero-order valence-electron chi connectivity index (χ0n) is 15.7. The summed E-state index contributed by atoms with van der Waals surface area (Å²) in [4.78, 5) is 19.0. The molecule has 0 amide bonds. The van der Waals surface area contributed by atoms with E-state index < -0.39 is 6.04 Å². The summed E-state index contributed by atoms with van der Waals surface area (Å²) in [5, 5.41) is 14.8. The van der Waals surface area contributed by atoms with E-state index in [-0.39, 0.29) is 29.8 Å². The Morgan fingerprint density at radius 2 is 2.00 bits per heavy atom. The fourth-order valence-corrected chi connectivity index (χ4v) is 3.65. The van der Waals surface area contributed by atoms with Crippen molar-refractivity contribution in [2.75, 3.05) is 11.4 Å². The molecule has 2 aromatic heterocycles. The van der Waals surface area contributed by atoms with Crippen LogP contribution in [0.25, 0.3) is 5.65 Å². The van der Waals surface area contributed by atoms with Gasteiger partial charge in [-0.15, -0.1) is 0 Å². The van der Waals surface area contributed by atoms with Gasteiger partial charge in [0.25, 0.3) is 0 Å². The lowest BCUT2D eigenvalue weighted by molar-refractivity contribution is -0.116. The van der Waals surface area contributed by atoms with Crippen molar-refractivity contribution in [1.29, 1.82) is 0 Å². The van der Waals surface area contributed by atoms with Gasteiger partial charge in [-0.2, -0.15) is 5.10 Å². The standard InChI is InChI=1S/C21H21FN4O2/c1-13(2)9-17(27)20-18(28)11-25(21(20)14-3-5-15(22)6-4-14)16-7-8-19-23-12-24-26(19)10-16/h3-8,10,12-13,21,28H,9,11H2,1-2H3. The summed E-state index contributed by atoms with van der Waals surface area (Å²) < 4.78 is 15.1. The van der Waals surface area contributed by atoms with Crippen molar-refractivity contribution in [3.05, 3.63) is 71.6 Å². The number of aliphatic hydroxyl groups excluding tert-OH is 1. The molecule has 0 fully saturated rings. The van der Waals surface area contributed by atoms with Crippen molar-refractivity contribution in [3.8, 4) is 0 Å². The quantitative estimate of drug-likeness (QED) is 0.728. The lowest BCUT2D eigenvalue weighted by atomic mass is 9.92. The molecule has 1 aromatic carbocycles. The van der Waals surface area contributed by atoms with Crippen molar-refractivity contribution >= 4 is 17.1 Å². The zero-order valence-corrected chi connectivity index (χ0v) is 15.7. The molecule has 1 aliphatic rings. The molecule has 4 rings (SSSR count). The third-order valence-electron chi connectivity index (χ3n) is 4.89. The molecule has 3 heterocycles. The Labute approximate surface area is 161 Å². The number of hydrogen-bond acceptors (Lipinski definition) is 5. The molecule has 0 bridgehead atoms. The van der Waals surface area contributed by atoms with Gasteiger partial charge >= 0.3 is 0 Å². The van der Waals surface area contributed by atoms with Gasteiger partial charge in [-0.3, -0.25) is 4.79 Å². The molecule has 1 unspecified atom stereocenters. The van der Waals surface area contributed by atoms with E-state index in [2.05, 4.69) is 10.1 Å². The number of carbonyl (C=O) groups is 1. The van der Waals surface area contributed by atoms with Gasteiger partial charge in [0, 0.05) is 6.42 Å². The first kappa shape index (κ1) is 18.2. The molecular formula is C21H21FN4O2. The average molecular weight is 380 g/mol. The first-order valence-corrected chi connectivity index (χ1v) is 9.20. The molecule has 1 aliphatic heterocycles. The van der Waals surface area contributed by atoms with Crippen LogP contribution < -0.4 is 4.90 Å². The monoisotopic (exact) mass is 380 g/mol. The number of hydrogen-bond donors (Lipinski definition) is 1. The van der Waals surface area contributed by atoms with Crippen molar-refractivity contribution in [3.63, 3.8) is 0 Å². The van der Waals surface area contributed by atoms with Gasteiger partial charge in [-0.25, -0.2) is 13.9 Å². The van der Waals surface area contributed by atoms with Crippen molar-refractivity contribution in [2.45, 2.75) is 26.3 Å². The molecule has 6 nitrogen and oxygen atoms in total. The second-order valence-electron chi connectivity index (χ2n) is 7.41. The molecule has 0 spiro atoms. The summed E-state index contributed by atoms with van der Waals surface area (Å²) in [6.45, 7) is 4.13. The minimum absolute atomic E-state index is 0.0543. The van der Waals surface area contributed by atoms with Gasteiger partial charge in [0.1, 0.15) is 17.9 Å². The average Bonchev–Trinajstić information content (AvgIpc) is 3.25. The number of rotatable bonds is 5. The van der Waals surface area contributed by atoms with E-state index in [1.807, 2.05) is 37.1 Å². The molecule has 0 radical (unpaired) electrons. The van der Waals surface area contributed by atoms with Gasteiger partial charge in [-0.1, -0.05) is 26.0 Å². The van der Waals surface area contributed by atoms with Crippen LogP contribution >= 0.6 is 0 Å². The second-order valence-corrected chi connectivity index (χ2v) is 7.41. The van der Waals surface area contributed by atoms with Crippen LogP contribution in [0.15, 0.2) is 60.3 Å². The molecule has 28 heavy (non-hydrogen) atoms. The lowest BCUT2D eigenvalue weighted by Gasteiger charge is -2.28. The Bertz CT molecular complexity index is 1060. The summed E-state index contributed by atoms with van der Waals surface area (Å²) in [5.41, 5.74) is 2.61. The number of pyridine rings is 1. The fourth-order valence-electron chi connectivity index (χ4n) is 3.65. The topological polar surface area (TPSA) is 70.7 Å². The van der Waals surface area contributed by atoms with E-state index >= 15 is 0 Å². The molecular weight excluding hydrogens is 359 g/mol. The maximum Gasteiger partial charge on any atom is 0.164 e. The van der Waals surface area contributed by atoms with Crippen LogP contribution in [0.5, 0.6) is 0 Å². The van der Waals surface area contributed by atoms with E-state index in [9.17, 15) is 14.3 Å². The largest absolute Gasteiger partial charge is 0.510 e. The van der Waals surface area contributed by atoms with Crippen LogP contribution in [-0.4, -0.2) is 32.0 Å². The van der Waals surface area contributed by atoms with E-state index in [0.717, 1.165) is 11.3 Å². The Morgan fingerprint density at radius 3 is 2.71 bits per heavy atom. The predicted molar refractivity (Wildman–Crippen MR) is 104 cm³/mol. The Hall–Kier alpha value is -3.22. The molecule has 0 saturated carbocycles. The third kappa shape index (κ3) is 3.24. The van der Waals surface area contributed by atoms with Crippen LogP contribution in [0.2, 0.25) is 0 Å². The predicted octanol–water partition coefficient (Wildman–Crippen LogP) is 3.86. The summed E-state index contributed by atoms with van der Waals surface area (Å²) in [6, 6.07) is 9.26. The smallest absolute Gasteiger partial charge is 0.164 e. The molecule has 1 N–H and O–H groups in total. The van der Waals surface area contributed by atoms with Crippen molar-refractivity contribution in [2.24, 2.45) is 5.92 Å². The van der Waals surface area contributed by atoms with Crippen LogP contribution in [0, 0.1) is 11.7 Å². The maximum atomic E-state index is 13.5. The summed E-state index contributed by atoms with van der Waals surface area (Å²) in [5.74, 6) is -0.215. The summed E-state index contributed by atoms with van der Waals surface area (Å²) in [7, 11) is 0. The van der Waals surface area contributed by atoms with Crippen LogP contribution in [0.1, 0.15) is 31.9 Å². The van der Waals surface area contributed by atoms with Crippen molar-refractivity contribution in [1.82, 2.24) is 14.6 Å². The van der Waals surface area contributed by atoms with Crippen LogP contribution in [0.3, 0.4) is 0 Å². The number of anilines is 1. The number of aromatic nitrogens is 3. The number of fused-ring (bicyclic) bond motifs is 1. The number of Topliss-reactive ketones (excluding diaryl/α,β-unsaturated/α-hetero) is 1. The van der Waals surface area contributed by atoms with Gasteiger partial charge in [0.2, 0.25) is 0 Å². The minimum atomic E-state index is -0.493. The lowest BCUT2D eigenvalue weighted by Crippen LogP contribution is -2.27. The van der Waals surface area contributed by atoms with E-state index in [1.54, 1.807) is 16.6 Å². The highest BCUT2D eigenvalue weighted by molar-refractivity contribution is 5.99. The van der Waals surface area contributed by atoms with E-state index in [1.165, 1.54) is 18.5 Å². The minimum Gasteiger partial charge on any atom is -0.510 e. The maximum absolute atomic E-state index is 13.5. The number of nitrogens with zero attached hydrogens (tertiary/aromatic N) is 4. The van der Waals surface area contributed by atoms with Crippen LogP contribution in [-0.2, 0) is 4.79 Å². The Morgan fingerprint density at radius 1 is 1.25 bits per heavy atom. The number of carbonyl (C=O) groups excluding carboxylic acids is 1. The third-order valence-corrected chi connectivity index (χ3v) is 4.89. The first-order chi connectivity index (χ1) is 13.4. The molecule has 144 valence electrons. The molecule has 3 aromatic rings. The number of aliphatic hydroxyl groups is 1. The molecule has 7 heteroatoms. The second kappa shape index (κ2) is 7.07. The number of ketones is 1. The van der Waals surface area contributed by atoms with Crippen molar-refractivity contribution < 1.29 is 14.3 Å². The van der Waals surface area contributed by atoms with Gasteiger partial charge in [-0.05, 0) is 35.7 Å².